The monoisotopic (exact) mass is 247 g/mol. The van der Waals surface area contributed by atoms with Crippen molar-refractivity contribution >= 4 is 12.3 Å². The largest absolute Gasteiger partial charge is 0.481 e. The highest BCUT2D eigenvalue weighted by atomic mass is 16.4. The Morgan fingerprint density at radius 2 is 2.33 bits per heavy atom. The van der Waals surface area contributed by atoms with Crippen LogP contribution >= 0.6 is 0 Å². The van der Waals surface area contributed by atoms with Crippen LogP contribution in [0.15, 0.2) is 24.3 Å². The predicted octanol–water partition coefficient (Wildman–Crippen LogP) is 1.80. The molecule has 1 atom stereocenters. The lowest BCUT2D eigenvalue weighted by atomic mass is 9.98. The van der Waals surface area contributed by atoms with E-state index in [1.165, 1.54) is 0 Å². The van der Waals surface area contributed by atoms with Gasteiger partial charge in [-0.05, 0) is 31.0 Å². The molecule has 0 amide bonds. The van der Waals surface area contributed by atoms with Crippen molar-refractivity contribution in [2.45, 2.75) is 19.4 Å². The number of likely N-dealkylation sites (tertiary alicyclic amines) is 1. The standard InChI is InChI=1S/C14H17NO3/c16-10-12-4-1-3-11(7-12)8-15-6-2-5-13(9-15)14(17)18/h1,3-4,7,10,13H,2,5-6,8-9H2,(H,17,18). The first-order valence-electron chi connectivity index (χ1n) is 6.18. The third-order valence-electron chi connectivity index (χ3n) is 3.35. The molecule has 4 nitrogen and oxygen atoms in total. The number of aliphatic carboxylic acids is 1. The van der Waals surface area contributed by atoms with Crippen molar-refractivity contribution in [1.29, 1.82) is 0 Å². The molecule has 1 aromatic carbocycles. The van der Waals surface area contributed by atoms with Gasteiger partial charge in [-0.1, -0.05) is 18.2 Å². The predicted molar refractivity (Wildman–Crippen MR) is 67.5 cm³/mol. The number of carbonyl (C=O) groups excluding carboxylic acids is 1. The average Bonchev–Trinajstić information content (AvgIpc) is 2.39. The zero-order chi connectivity index (χ0) is 13.0. The van der Waals surface area contributed by atoms with E-state index in [-0.39, 0.29) is 5.92 Å². The molecule has 1 aliphatic rings. The van der Waals surface area contributed by atoms with E-state index in [1.54, 1.807) is 6.07 Å². The van der Waals surface area contributed by atoms with Crippen LogP contribution in [0.4, 0.5) is 0 Å². The molecular formula is C14H17NO3. The molecule has 1 heterocycles. The van der Waals surface area contributed by atoms with Crippen LogP contribution in [-0.2, 0) is 11.3 Å². The smallest absolute Gasteiger partial charge is 0.307 e. The van der Waals surface area contributed by atoms with Gasteiger partial charge < -0.3 is 5.11 Å². The van der Waals surface area contributed by atoms with Crippen molar-refractivity contribution in [3.8, 4) is 0 Å². The van der Waals surface area contributed by atoms with E-state index in [0.717, 1.165) is 31.2 Å². The van der Waals surface area contributed by atoms with Gasteiger partial charge in [0.25, 0.3) is 0 Å². The summed E-state index contributed by atoms with van der Waals surface area (Å²) in [6.45, 7) is 2.24. The topological polar surface area (TPSA) is 57.6 Å². The summed E-state index contributed by atoms with van der Waals surface area (Å²) in [4.78, 5) is 23.8. The quantitative estimate of drug-likeness (QED) is 0.824. The zero-order valence-corrected chi connectivity index (χ0v) is 10.2. The van der Waals surface area contributed by atoms with Crippen LogP contribution < -0.4 is 0 Å². The van der Waals surface area contributed by atoms with Crippen molar-refractivity contribution in [2.24, 2.45) is 5.92 Å². The van der Waals surface area contributed by atoms with Gasteiger partial charge >= 0.3 is 5.97 Å². The van der Waals surface area contributed by atoms with Gasteiger partial charge in [-0.3, -0.25) is 14.5 Å². The maximum atomic E-state index is 11.0. The van der Waals surface area contributed by atoms with Crippen molar-refractivity contribution in [2.75, 3.05) is 13.1 Å². The van der Waals surface area contributed by atoms with E-state index in [9.17, 15) is 9.59 Å². The third-order valence-corrected chi connectivity index (χ3v) is 3.35. The van der Waals surface area contributed by atoms with E-state index in [0.29, 0.717) is 18.7 Å². The summed E-state index contributed by atoms with van der Waals surface area (Å²) in [7, 11) is 0. The summed E-state index contributed by atoms with van der Waals surface area (Å²) < 4.78 is 0. The number of carboxylic acid groups (broad SMARTS) is 1. The molecule has 0 radical (unpaired) electrons. The van der Waals surface area contributed by atoms with Gasteiger partial charge in [0, 0.05) is 18.7 Å². The molecule has 0 spiro atoms. The third kappa shape index (κ3) is 3.17. The van der Waals surface area contributed by atoms with Crippen molar-refractivity contribution < 1.29 is 14.7 Å². The summed E-state index contributed by atoms with van der Waals surface area (Å²) in [5, 5.41) is 9.03. The molecule has 1 aromatic rings. The highest BCUT2D eigenvalue weighted by Crippen LogP contribution is 2.18. The number of rotatable bonds is 4. The molecule has 1 unspecified atom stereocenters. The number of hydrogen-bond donors (Lipinski definition) is 1. The number of aldehydes is 1. The molecule has 18 heavy (non-hydrogen) atoms. The Morgan fingerprint density at radius 3 is 3.06 bits per heavy atom. The molecule has 2 rings (SSSR count). The van der Waals surface area contributed by atoms with Crippen LogP contribution in [0.2, 0.25) is 0 Å². The first-order valence-corrected chi connectivity index (χ1v) is 6.18. The molecule has 4 heteroatoms. The van der Waals surface area contributed by atoms with E-state index < -0.39 is 5.97 Å². The van der Waals surface area contributed by atoms with Gasteiger partial charge in [-0.15, -0.1) is 0 Å². The number of nitrogens with zero attached hydrogens (tertiary/aromatic N) is 1. The number of benzene rings is 1. The Bertz CT molecular complexity index is 444. The summed E-state index contributed by atoms with van der Waals surface area (Å²) in [6, 6.07) is 7.46. The molecule has 0 bridgehead atoms. The second-order valence-electron chi connectivity index (χ2n) is 4.78. The SMILES string of the molecule is O=Cc1cccc(CN2CCCC(C(=O)O)C2)c1. The van der Waals surface area contributed by atoms with Crippen LogP contribution in [0.1, 0.15) is 28.8 Å². The minimum Gasteiger partial charge on any atom is -0.481 e. The lowest BCUT2D eigenvalue weighted by Gasteiger charge is -2.30. The lowest BCUT2D eigenvalue weighted by Crippen LogP contribution is -2.38. The maximum absolute atomic E-state index is 11.0. The Balaban J connectivity index is 2.00. The molecule has 0 aliphatic carbocycles. The van der Waals surface area contributed by atoms with Crippen molar-refractivity contribution in [3.05, 3.63) is 35.4 Å². The fourth-order valence-corrected chi connectivity index (χ4v) is 2.42. The van der Waals surface area contributed by atoms with Crippen LogP contribution in [-0.4, -0.2) is 35.4 Å². The highest BCUT2D eigenvalue weighted by molar-refractivity contribution is 5.74. The minimum atomic E-state index is -0.707. The Morgan fingerprint density at radius 1 is 1.50 bits per heavy atom. The molecule has 1 N–H and O–H groups in total. The highest BCUT2D eigenvalue weighted by Gasteiger charge is 2.25. The summed E-state index contributed by atoms with van der Waals surface area (Å²) in [5.41, 5.74) is 1.73. The van der Waals surface area contributed by atoms with Crippen LogP contribution in [0.25, 0.3) is 0 Å². The Hall–Kier alpha value is -1.68. The first kappa shape index (κ1) is 12.8. The van der Waals surface area contributed by atoms with Gasteiger partial charge in [-0.2, -0.15) is 0 Å². The molecule has 1 fully saturated rings. The normalized spacial score (nSPS) is 20.6. The van der Waals surface area contributed by atoms with Gasteiger partial charge in [0.1, 0.15) is 6.29 Å². The summed E-state index contributed by atoms with van der Waals surface area (Å²) in [5.74, 6) is -0.964. The number of hydrogen-bond acceptors (Lipinski definition) is 3. The van der Waals surface area contributed by atoms with Crippen LogP contribution in [0.3, 0.4) is 0 Å². The molecule has 0 saturated carbocycles. The zero-order valence-electron chi connectivity index (χ0n) is 10.2. The number of carboxylic acids is 1. The van der Waals surface area contributed by atoms with Crippen molar-refractivity contribution in [3.63, 3.8) is 0 Å². The van der Waals surface area contributed by atoms with Crippen LogP contribution in [0.5, 0.6) is 0 Å². The molecule has 96 valence electrons. The second kappa shape index (κ2) is 5.78. The second-order valence-corrected chi connectivity index (χ2v) is 4.78. The summed E-state index contributed by atoms with van der Waals surface area (Å²) in [6.07, 6.45) is 2.52. The fraction of sp³-hybridized carbons (Fsp3) is 0.429. The van der Waals surface area contributed by atoms with E-state index >= 15 is 0 Å². The molecule has 1 aliphatic heterocycles. The first-order chi connectivity index (χ1) is 8.69. The fourth-order valence-electron chi connectivity index (χ4n) is 2.42. The van der Waals surface area contributed by atoms with Gasteiger partial charge in [-0.25, -0.2) is 0 Å². The molecule has 0 aromatic heterocycles. The van der Waals surface area contributed by atoms with Gasteiger partial charge in [0.15, 0.2) is 0 Å². The summed E-state index contributed by atoms with van der Waals surface area (Å²) >= 11 is 0. The van der Waals surface area contributed by atoms with E-state index in [2.05, 4.69) is 4.90 Å². The Kier molecular flexibility index (Phi) is 4.10. The number of piperidine rings is 1. The van der Waals surface area contributed by atoms with E-state index in [4.69, 9.17) is 5.11 Å². The maximum Gasteiger partial charge on any atom is 0.307 e. The van der Waals surface area contributed by atoms with Crippen LogP contribution in [0, 0.1) is 5.92 Å². The van der Waals surface area contributed by atoms with Gasteiger partial charge in [0.2, 0.25) is 0 Å². The number of carbonyl (C=O) groups is 2. The minimum absolute atomic E-state index is 0.256. The Labute approximate surface area is 106 Å². The van der Waals surface area contributed by atoms with Gasteiger partial charge in [0.05, 0.1) is 5.92 Å². The lowest BCUT2D eigenvalue weighted by molar-refractivity contribution is -0.143. The van der Waals surface area contributed by atoms with Crippen molar-refractivity contribution in [1.82, 2.24) is 4.90 Å². The molecule has 1 saturated heterocycles. The average molecular weight is 247 g/mol. The van der Waals surface area contributed by atoms with E-state index in [1.807, 2.05) is 18.2 Å². The molecular weight excluding hydrogens is 230 g/mol.